The minimum absolute atomic E-state index is 0.580. The maximum atomic E-state index is 10.3. The molecule has 0 N–H and O–H groups in total. The van der Waals surface area contributed by atoms with Gasteiger partial charge in [0.05, 0.1) is 5.69 Å². The number of aliphatic imine (C=N–C) groups is 1. The first-order valence-corrected chi connectivity index (χ1v) is 8.76. The first-order chi connectivity index (χ1) is 12.8. The molecule has 0 radical (unpaired) electrons. The Balaban J connectivity index is 1.55. The summed E-state index contributed by atoms with van der Waals surface area (Å²) in [4.78, 5) is 13.9. The predicted octanol–water partition coefficient (Wildman–Crippen LogP) is 5.41. The van der Waals surface area contributed by atoms with Gasteiger partial charge in [0.15, 0.2) is 0 Å². The fraction of sp³-hybridized carbons (Fsp3) is 0.174. The topological polar surface area (TPSA) is 38.7 Å². The molecule has 0 atom stereocenters. The van der Waals surface area contributed by atoms with E-state index in [-0.39, 0.29) is 0 Å². The van der Waals surface area contributed by atoms with E-state index in [1.54, 1.807) is 6.08 Å². The molecular formula is C23H21NO2. The zero-order chi connectivity index (χ0) is 18.0. The molecule has 0 saturated carbocycles. The predicted molar refractivity (Wildman–Crippen MR) is 103 cm³/mol. The lowest BCUT2D eigenvalue weighted by atomic mass is 10.0. The van der Waals surface area contributed by atoms with Gasteiger partial charge in [0.1, 0.15) is 12.4 Å². The van der Waals surface area contributed by atoms with Gasteiger partial charge in [0.2, 0.25) is 6.08 Å². The Bertz CT molecular complexity index is 866. The molecular weight excluding hydrogens is 322 g/mol. The number of benzene rings is 3. The normalized spacial score (nSPS) is 10.2. The van der Waals surface area contributed by atoms with Gasteiger partial charge in [-0.2, -0.15) is 4.99 Å². The van der Waals surface area contributed by atoms with Crippen molar-refractivity contribution in [2.75, 3.05) is 0 Å². The quantitative estimate of drug-likeness (QED) is 0.405. The third kappa shape index (κ3) is 5.17. The third-order valence-electron chi connectivity index (χ3n) is 4.23. The number of hydrogen-bond donors (Lipinski definition) is 0. The molecule has 0 amide bonds. The monoisotopic (exact) mass is 343 g/mol. The minimum atomic E-state index is 0.580. The fourth-order valence-electron chi connectivity index (χ4n) is 2.86. The smallest absolute Gasteiger partial charge is 0.240 e. The van der Waals surface area contributed by atoms with Gasteiger partial charge in [-0.1, -0.05) is 60.7 Å². The van der Waals surface area contributed by atoms with Crippen LogP contribution in [0, 0.1) is 0 Å². The van der Waals surface area contributed by atoms with Crippen molar-refractivity contribution in [3.63, 3.8) is 0 Å². The van der Waals surface area contributed by atoms with Crippen LogP contribution >= 0.6 is 0 Å². The summed E-state index contributed by atoms with van der Waals surface area (Å²) in [6.07, 6.45) is 4.52. The third-order valence-corrected chi connectivity index (χ3v) is 4.23. The van der Waals surface area contributed by atoms with E-state index in [0.717, 1.165) is 25.0 Å². The molecule has 0 aliphatic rings. The Hall–Kier alpha value is -3.16. The lowest BCUT2D eigenvalue weighted by Crippen LogP contribution is -1.99. The summed E-state index contributed by atoms with van der Waals surface area (Å²) in [6.45, 7) is 0.580. The molecule has 0 fully saturated rings. The molecule has 0 saturated heterocycles. The van der Waals surface area contributed by atoms with E-state index in [4.69, 9.17) is 4.74 Å². The number of carbonyl (C=O) groups excluding carboxylic acids is 1. The molecule has 3 nitrogen and oxygen atoms in total. The first kappa shape index (κ1) is 17.7. The molecule has 3 aromatic rings. The summed E-state index contributed by atoms with van der Waals surface area (Å²) in [6, 6.07) is 26.1. The lowest BCUT2D eigenvalue weighted by Gasteiger charge is -2.11. The number of ether oxygens (including phenoxy) is 1. The first-order valence-electron chi connectivity index (χ1n) is 8.76. The second kappa shape index (κ2) is 9.36. The summed E-state index contributed by atoms with van der Waals surface area (Å²) < 4.78 is 6.02. The number of para-hydroxylation sites is 1. The summed E-state index contributed by atoms with van der Waals surface area (Å²) in [5.41, 5.74) is 4.27. The molecule has 3 aromatic carbocycles. The summed E-state index contributed by atoms with van der Waals surface area (Å²) in [7, 11) is 0. The van der Waals surface area contributed by atoms with E-state index in [9.17, 15) is 4.79 Å². The van der Waals surface area contributed by atoms with Gasteiger partial charge in [0, 0.05) is 0 Å². The Morgan fingerprint density at radius 2 is 1.50 bits per heavy atom. The van der Waals surface area contributed by atoms with Crippen molar-refractivity contribution in [2.24, 2.45) is 4.99 Å². The van der Waals surface area contributed by atoms with Gasteiger partial charge >= 0.3 is 0 Å². The number of isocyanates is 1. The molecule has 0 aliphatic carbocycles. The molecule has 26 heavy (non-hydrogen) atoms. The van der Waals surface area contributed by atoms with E-state index < -0.39 is 0 Å². The van der Waals surface area contributed by atoms with E-state index in [1.165, 1.54) is 16.7 Å². The molecule has 0 spiro atoms. The molecule has 0 unspecified atom stereocenters. The molecule has 3 heteroatoms. The van der Waals surface area contributed by atoms with Crippen LogP contribution in [0.5, 0.6) is 5.75 Å². The highest BCUT2D eigenvalue weighted by molar-refractivity contribution is 5.49. The lowest BCUT2D eigenvalue weighted by molar-refractivity contribution is 0.302. The van der Waals surface area contributed by atoms with E-state index in [1.807, 2.05) is 54.6 Å². The van der Waals surface area contributed by atoms with Crippen molar-refractivity contribution >= 4 is 11.8 Å². The van der Waals surface area contributed by atoms with Gasteiger partial charge in [-0.3, -0.25) is 0 Å². The highest BCUT2D eigenvalue weighted by atomic mass is 16.5. The maximum absolute atomic E-state index is 10.3. The number of rotatable bonds is 8. The average molecular weight is 343 g/mol. The van der Waals surface area contributed by atoms with Gasteiger partial charge in [0.25, 0.3) is 0 Å². The molecule has 0 heterocycles. The average Bonchev–Trinajstić information content (AvgIpc) is 2.70. The van der Waals surface area contributed by atoms with Crippen LogP contribution in [-0.2, 0) is 24.2 Å². The second-order valence-electron chi connectivity index (χ2n) is 6.11. The zero-order valence-corrected chi connectivity index (χ0v) is 14.6. The van der Waals surface area contributed by atoms with Crippen LogP contribution < -0.4 is 4.74 Å². The SMILES string of the molecule is O=C=Nc1ccc(CCCc2ccccc2OCc2ccccc2)cc1. The largest absolute Gasteiger partial charge is 0.489 e. The Labute approximate surface area is 154 Å². The summed E-state index contributed by atoms with van der Waals surface area (Å²) in [5.74, 6) is 0.951. The van der Waals surface area contributed by atoms with E-state index in [2.05, 4.69) is 29.3 Å². The highest BCUT2D eigenvalue weighted by Crippen LogP contribution is 2.22. The number of hydrogen-bond acceptors (Lipinski definition) is 3. The minimum Gasteiger partial charge on any atom is -0.489 e. The van der Waals surface area contributed by atoms with Crippen LogP contribution in [0.2, 0.25) is 0 Å². The van der Waals surface area contributed by atoms with Gasteiger partial charge in [-0.05, 0) is 54.2 Å². The van der Waals surface area contributed by atoms with Crippen molar-refractivity contribution < 1.29 is 9.53 Å². The van der Waals surface area contributed by atoms with Crippen molar-refractivity contribution in [3.05, 3.63) is 95.6 Å². The molecule has 0 bridgehead atoms. The summed E-state index contributed by atoms with van der Waals surface area (Å²) in [5, 5.41) is 0. The van der Waals surface area contributed by atoms with E-state index in [0.29, 0.717) is 12.3 Å². The second-order valence-corrected chi connectivity index (χ2v) is 6.11. The Kier molecular flexibility index (Phi) is 6.35. The Morgan fingerprint density at radius 1 is 0.769 bits per heavy atom. The molecule has 130 valence electrons. The molecule has 0 aromatic heterocycles. The molecule has 3 rings (SSSR count). The highest BCUT2D eigenvalue weighted by Gasteiger charge is 2.04. The maximum Gasteiger partial charge on any atom is 0.240 e. The van der Waals surface area contributed by atoms with Gasteiger partial charge < -0.3 is 4.74 Å². The number of aryl methyl sites for hydroxylation is 2. The van der Waals surface area contributed by atoms with Crippen molar-refractivity contribution in [3.8, 4) is 5.75 Å². The fourth-order valence-corrected chi connectivity index (χ4v) is 2.86. The summed E-state index contributed by atoms with van der Waals surface area (Å²) >= 11 is 0. The zero-order valence-electron chi connectivity index (χ0n) is 14.6. The van der Waals surface area contributed by atoms with Crippen LogP contribution in [0.15, 0.2) is 83.9 Å². The van der Waals surface area contributed by atoms with Crippen LogP contribution in [0.25, 0.3) is 0 Å². The number of nitrogens with zero attached hydrogens (tertiary/aromatic N) is 1. The Morgan fingerprint density at radius 3 is 2.27 bits per heavy atom. The van der Waals surface area contributed by atoms with Gasteiger partial charge in [-0.15, -0.1) is 0 Å². The molecule has 0 aliphatic heterocycles. The van der Waals surface area contributed by atoms with Crippen LogP contribution in [0.3, 0.4) is 0 Å². The van der Waals surface area contributed by atoms with E-state index >= 15 is 0 Å². The van der Waals surface area contributed by atoms with Gasteiger partial charge in [-0.25, -0.2) is 4.79 Å². The van der Waals surface area contributed by atoms with Crippen LogP contribution in [-0.4, -0.2) is 6.08 Å². The van der Waals surface area contributed by atoms with Crippen LogP contribution in [0.4, 0.5) is 5.69 Å². The van der Waals surface area contributed by atoms with Crippen molar-refractivity contribution in [1.29, 1.82) is 0 Å². The van der Waals surface area contributed by atoms with Crippen molar-refractivity contribution in [1.82, 2.24) is 0 Å². The van der Waals surface area contributed by atoms with Crippen LogP contribution in [0.1, 0.15) is 23.1 Å². The van der Waals surface area contributed by atoms with Crippen molar-refractivity contribution in [2.45, 2.75) is 25.9 Å². The standard InChI is InChI=1S/C23H21NO2/c25-18-24-22-15-13-19(14-16-22)9-6-11-21-10-4-5-12-23(21)26-17-20-7-2-1-3-8-20/h1-5,7-8,10,12-16H,6,9,11,17H2.